The Balaban J connectivity index is 2.18. The molecule has 0 spiro atoms. The molecule has 5 heteroatoms. The van der Waals surface area contributed by atoms with Crippen LogP contribution in [0.4, 0.5) is 0 Å². The van der Waals surface area contributed by atoms with E-state index in [0.717, 1.165) is 9.35 Å². The van der Waals surface area contributed by atoms with Crippen molar-refractivity contribution in [1.29, 1.82) is 0 Å². The van der Waals surface area contributed by atoms with E-state index in [1.54, 1.807) is 17.4 Å². The predicted molar refractivity (Wildman–Crippen MR) is 66.5 cm³/mol. The number of furan rings is 1. The zero-order valence-corrected chi connectivity index (χ0v) is 11.5. The van der Waals surface area contributed by atoms with Gasteiger partial charge in [-0.2, -0.15) is 0 Å². The Labute approximate surface area is 108 Å². The van der Waals surface area contributed by atoms with E-state index in [1.807, 2.05) is 11.4 Å². The van der Waals surface area contributed by atoms with Gasteiger partial charge in [-0.05, 0) is 49.4 Å². The van der Waals surface area contributed by atoms with Gasteiger partial charge in [0.1, 0.15) is 0 Å². The number of halogens is 2. The van der Waals surface area contributed by atoms with Crippen LogP contribution in [0, 0.1) is 0 Å². The monoisotopic (exact) mass is 348 g/mol. The minimum absolute atomic E-state index is 0.0544. The van der Waals surface area contributed by atoms with Crippen LogP contribution in [0.3, 0.4) is 0 Å². The second-order valence-electron chi connectivity index (χ2n) is 2.90. The van der Waals surface area contributed by atoms with Crippen LogP contribution in [0.25, 0.3) is 0 Å². The van der Waals surface area contributed by atoms with E-state index >= 15 is 0 Å². The van der Waals surface area contributed by atoms with Crippen LogP contribution in [0.15, 0.2) is 37.3 Å². The lowest BCUT2D eigenvalue weighted by molar-refractivity contribution is 0.0992. The lowest BCUT2D eigenvalue weighted by Gasteiger charge is -1.97. The predicted octanol–water partition coefficient (Wildman–Crippen LogP) is 4.29. The SMILES string of the molecule is O=C(Cc1sccc1Br)c1ccoc1Br. The molecule has 0 amide bonds. The highest BCUT2D eigenvalue weighted by Crippen LogP contribution is 2.26. The molecule has 0 atom stereocenters. The van der Waals surface area contributed by atoms with Crippen LogP contribution < -0.4 is 0 Å². The standard InChI is InChI=1S/C10H6Br2O2S/c11-7-2-4-15-9(7)5-8(13)6-1-3-14-10(6)12/h1-4H,5H2. The number of thiophene rings is 1. The molecular weight excluding hydrogens is 344 g/mol. The minimum atomic E-state index is 0.0544. The Morgan fingerprint density at radius 2 is 2.20 bits per heavy atom. The second-order valence-corrected chi connectivity index (χ2v) is 5.47. The first kappa shape index (κ1) is 11.1. The summed E-state index contributed by atoms with van der Waals surface area (Å²) in [5.74, 6) is 0.0544. The Hall–Kier alpha value is -0.390. The molecule has 0 bridgehead atoms. The number of ketones is 1. The average Bonchev–Trinajstić information content (AvgIpc) is 2.76. The molecule has 2 heterocycles. The fourth-order valence-corrected chi connectivity index (χ4v) is 3.14. The molecule has 0 aromatic carbocycles. The van der Waals surface area contributed by atoms with Crippen LogP contribution in [0.2, 0.25) is 0 Å². The number of hydrogen-bond donors (Lipinski definition) is 0. The van der Waals surface area contributed by atoms with Crippen LogP contribution in [-0.2, 0) is 6.42 Å². The molecule has 0 fully saturated rings. The smallest absolute Gasteiger partial charge is 0.179 e. The summed E-state index contributed by atoms with van der Waals surface area (Å²) >= 11 is 8.16. The zero-order chi connectivity index (χ0) is 10.8. The molecule has 0 saturated carbocycles. The summed E-state index contributed by atoms with van der Waals surface area (Å²) in [7, 11) is 0. The number of rotatable bonds is 3. The lowest BCUT2D eigenvalue weighted by Crippen LogP contribution is -2.01. The minimum Gasteiger partial charge on any atom is -0.457 e. The van der Waals surface area contributed by atoms with Crippen LogP contribution in [0.1, 0.15) is 15.2 Å². The average molecular weight is 350 g/mol. The largest absolute Gasteiger partial charge is 0.457 e. The van der Waals surface area contributed by atoms with Gasteiger partial charge in [-0.3, -0.25) is 4.79 Å². The topological polar surface area (TPSA) is 30.2 Å². The van der Waals surface area contributed by atoms with Gasteiger partial charge in [0.25, 0.3) is 0 Å². The summed E-state index contributed by atoms with van der Waals surface area (Å²) < 4.78 is 6.51. The Morgan fingerprint density at radius 3 is 2.73 bits per heavy atom. The van der Waals surface area contributed by atoms with Crippen molar-refractivity contribution in [3.63, 3.8) is 0 Å². The third-order valence-corrected chi connectivity index (χ3v) is 4.47. The molecule has 15 heavy (non-hydrogen) atoms. The van der Waals surface area contributed by atoms with Gasteiger partial charge in [-0.1, -0.05) is 0 Å². The Morgan fingerprint density at radius 1 is 1.40 bits per heavy atom. The van der Waals surface area contributed by atoms with E-state index < -0.39 is 0 Å². The van der Waals surface area contributed by atoms with Crippen molar-refractivity contribution < 1.29 is 9.21 Å². The fraction of sp³-hybridized carbons (Fsp3) is 0.100. The summed E-state index contributed by atoms with van der Waals surface area (Å²) in [4.78, 5) is 12.9. The number of hydrogen-bond acceptors (Lipinski definition) is 3. The maximum atomic E-state index is 11.8. The van der Waals surface area contributed by atoms with Crippen molar-refractivity contribution in [2.24, 2.45) is 0 Å². The van der Waals surface area contributed by atoms with Crippen molar-refractivity contribution in [3.05, 3.63) is 43.4 Å². The highest BCUT2D eigenvalue weighted by atomic mass is 79.9. The van der Waals surface area contributed by atoms with Crippen molar-refractivity contribution in [1.82, 2.24) is 0 Å². The number of carbonyl (C=O) groups is 1. The van der Waals surface area contributed by atoms with Gasteiger partial charge in [0.05, 0.1) is 11.8 Å². The van der Waals surface area contributed by atoms with E-state index in [-0.39, 0.29) is 5.78 Å². The van der Waals surface area contributed by atoms with Crippen LogP contribution >= 0.6 is 43.2 Å². The fourth-order valence-electron chi connectivity index (χ4n) is 1.19. The molecule has 0 unspecified atom stereocenters. The van der Waals surface area contributed by atoms with Crippen molar-refractivity contribution >= 4 is 49.0 Å². The van der Waals surface area contributed by atoms with Gasteiger partial charge in [-0.25, -0.2) is 0 Å². The number of Topliss-reactive ketones (excluding diaryl/α,β-unsaturated/α-hetero) is 1. The molecular formula is C10H6Br2O2S. The third-order valence-electron chi connectivity index (χ3n) is 1.93. The molecule has 0 saturated heterocycles. The van der Waals surface area contributed by atoms with Gasteiger partial charge in [0.2, 0.25) is 0 Å². The molecule has 2 aromatic heterocycles. The highest BCUT2D eigenvalue weighted by Gasteiger charge is 2.15. The summed E-state index contributed by atoms with van der Waals surface area (Å²) in [5.41, 5.74) is 0.593. The van der Waals surface area contributed by atoms with E-state index in [2.05, 4.69) is 31.9 Å². The lowest BCUT2D eigenvalue weighted by atomic mass is 10.1. The van der Waals surface area contributed by atoms with Gasteiger partial charge >= 0.3 is 0 Å². The molecule has 0 N–H and O–H groups in total. The first-order valence-corrected chi connectivity index (χ1v) is 6.63. The summed E-state index contributed by atoms with van der Waals surface area (Å²) in [6.07, 6.45) is 1.90. The van der Waals surface area contributed by atoms with E-state index in [1.165, 1.54) is 6.26 Å². The van der Waals surface area contributed by atoms with E-state index in [0.29, 0.717) is 16.7 Å². The van der Waals surface area contributed by atoms with E-state index in [9.17, 15) is 4.79 Å². The maximum Gasteiger partial charge on any atom is 0.179 e. The van der Waals surface area contributed by atoms with Gasteiger partial charge < -0.3 is 4.42 Å². The molecule has 0 aliphatic rings. The van der Waals surface area contributed by atoms with E-state index in [4.69, 9.17) is 4.42 Å². The normalized spacial score (nSPS) is 10.5. The van der Waals surface area contributed by atoms with Crippen molar-refractivity contribution in [2.75, 3.05) is 0 Å². The second kappa shape index (κ2) is 4.63. The van der Waals surface area contributed by atoms with Gasteiger partial charge in [0.15, 0.2) is 10.5 Å². The summed E-state index contributed by atoms with van der Waals surface area (Å²) in [5, 5.41) is 1.96. The Kier molecular flexibility index (Phi) is 3.43. The van der Waals surface area contributed by atoms with Gasteiger partial charge in [-0.15, -0.1) is 11.3 Å². The zero-order valence-electron chi connectivity index (χ0n) is 7.50. The molecule has 0 radical (unpaired) electrons. The van der Waals surface area contributed by atoms with Crippen LogP contribution in [0.5, 0.6) is 0 Å². The molecule has 2 rings (SSSR count). The molecule has 2 nitrogen and oxygen atoms in total. The maximum absolute atomic E-state index is 11.8. The molecule has 78 valence electrons. The number of carbonyl (C=O) groups excluding carboxylic acids is 1. The molecule has 0 aliphatic carbocycles. The highest BCUT2D eigenvalue weighted by molar-refractivity contribution is 9.10. The molecule has 2 aromatic rings. The van der Waals surface area contributed by atoms with Gasteiger partial charge in [0, 0.05) is 15.8 Å². The Bertz CT molecular complexity index is 487. The summed E-state index contributed by atoms with van der Waals surface area (Å²) in [6.45, 7) is 0. The van der Waals surface area contributed by atoms with Crippen molar-refractivity contribution in [2.45, 2.75) is 6.42 Å². The van der Waals surface area contributed by atoms with Crippen molar-refractivity contribution in [3.8, 4) is 0 Å². The molecule has 0 aliphatic heterocycles. The quantitative estimate of drug-likeness (QED) is 0.773. The first-order valence-electron chi connectivity index (χ1n) is 4.16. The first-order chi connectivity index (χ1) is 7.18. The third kappa shape index (κ3) is 2.41. The summed E-state index contributed by atoms with van der Waals surface area (Å²) in [6, 6.07) is 3.62. The van der Waals surface area contributed by atoms with Crippen LogP contribution in [-0.4, -0.2) is 5.78 Å².